The molecule has 0 unspecified atom stereocenters. The zero-order valence-electron chi connectivity index (χ0n) is 33.4. The number of aliphatic imine (C=N–C) groups is 1. The lowest BCUT2D eigenvalue weighted by Gasteiger charge is -2.40. The monoisotopic (exact) mass is 786 g/mol. The van der Waals surface area contributed by atoms with Crippen molar-refractivity contribution in [2.75, 3.05) is 26.6 Å². The summed E-state index contributed by atoms with van der Waals surface area (Å²) in [5.74, 6) is 1.41. The number of nitrogens with zero attached hydrogens (tertiary/aromatic N) is 4. The molecule has 0 bridgehead atoms. The molecule has 0 aliphatic carbocycles. The van der Waals surface area contributed by atoms with Crippen molar-refractivity contribution in [3.63, 3.8) is 0 Å². The van der Waals surface area contributed by atoms with Crippen LogP contribution in [0.4, 0.5) is 5.95 Å². The first kappa shape index (κ1) is 39.6. The molecule has 12 nitrogen and oxygen atoms in total. The van der Waals surface area contributed by atoms with Gasteiger partial charge in [-0.25, -0.2) is 4.98 Å². The van der Waals surface area contributed by atoms with E-state index in [2.05, 4.69) is 60.9 Å². The van der Waals surface area contributed by atoms with Crippen LogP contribution in [0, 0.1) is 0 Å². The number of fused-ring (bicyclic) bond motifs is 1. The van der Waals surface area contributed by atoms with Crippen molar-refractivity contribution >= 4 is 31.6 Å². The molecule has 13 heteroatoms. The van der Waals surface area contributed by atoms with Crippen molar-refractivity contribution in [2.45, 2.75) is 69.0 Å². The minimum atomic E-state index is -2.49. The number of nitrogens with one attached hydrogen (secondary N) is 1. The van der Waals surface area contributed by atoms with Gasteiger partial charge >= 0.3 is 0 Å². The van der Waals surface area contributed by atoms with Gasteiger partial charge in [-0.3, -0.25) is 19.3 Å². The average Bonchev–Trinajstić information content (AvgIpc) is 3.78. The number of rotatable bonds is 13. The number of hydrogen-bond acceptors (Lipinski definition) is 10. The van der Waals surface area contributed by atoms with E-state index in [-0.39, 0.29) is 28.8 Å². The van der Waals surface area contributed by atoms with Crippen molar-refractivity contribution in [3.05, 3.63) is 148 Å². The molecular weight excluding hydrogens is 737 g/mol. The molecule has 1 aliphatic heterocycles. The Hall–Kier alpha value is -5.60. The third-order valence-electron chi connectivity index (χ3n) is 11.1. The van der Waals surface area contributed by atoms with Crippen LogP contribution in [0.15, 0.2) is 125 Å². The van der Waals surface area contributed by atoms with Crippen LogP contribution >= 0.6 is 0 Å². The fraction of sp³-hybridized carbons (Fsp3) is 0.318. The molecule has 6 aromatic rings. The molecule has 2 aromatic heterocycles. The second-order valence-electron chi connectivity index (χ2n) is 15.7. The molecule has 0 saturated carbocycles. The van der Waals surface area contributed by atoms with Gasteiger partial charge in [-0.2, -0.15) is 4.98 Å². The molecule has 1 saturated heterocycles. The minimum absolute atomic E-state index is 0.0285. The number of nitrogen functional groups attached to an aromatic ring is 1. The highest BCUT2D eigenvalue weighted by molar-refractivity contribution is 6.74. The van der Waals surface area contributed by atoms with Crippen LogP contribution < -0.4 is 20.8 Å². The molecule has 0 spiro atoms. The first-order valence-corrected chi connectivity index (χ1v) is 21.9. The van der Waals surface area contributed by atoms with Crippen molar-refractivity contribution in [3.8, 4) is 11.5 Å². The summed E-state index contributed by atoms with van der Waals surface area (Å²) in [4.78, 5) is 29.7. The summed E-state index contributed by atoms with van der Waals surface area (Å²) < 4.78 is 34.7. The SMILES string of the molecule is COc1ccc(C(OC[C@H]2O[C@@H](n3cnc4c(=O)[nH]c(N)nc43)[C@H](O[Si](C)(C)C(C)(C)C)[C@@H]2N=Cc2ccccc2)(c2ccccc2)c2ccc(OC)cc2)cc1. The zero-order chi connectivity index (χ0) is 40.4. The summed E-state index contributed by atoms with van der Waals surface area (Å²) in [7, 11) is 0.802. The van der Waals surface area contributed by atoms with Crippen molar-refractivity contribution < 1.29 is 23.4 Å². The van der Waals surface area contributed by atoms with Gasteiger partial charge in [-0.1, -0.05) is 106 Å². The summed E-state index contributed by atoms with van der Waals surface area (Å²) in [6.45, 7) is 11.1. The number of aromatic amines is 1. The molecule has 7 rings (SSSR count). The Morgan fingerprint density at radius 1 is 0.860 bits per heavy atom. The lowest BCUT2D eigenvalue weighted by molar-refractivity contribution is -0.0850. The van der Waals surface area contributed by atoms with Crippen LogP contribution in [0.25, 0.3) is 11.2 Å². The molecule has 4 aromatic carbocycles. The number of imidazole rings is 1. The highest BCUT2D eigenvalue weighted by atomic mass is 28.4. The van der Waals surface area contributed by atoms with Crippen molar-refractivity contribution in [2.24, 2.45) is 4.99 Å². The first-order chi connectivity index (χ1) is 27.3. The fourth-order valence-electron chi connectivity index (χ4n) is 7.03. The number of benzene rings is 4. The topological polar surface area (TPSA) is 148 Å². The molecule has 0 amide bonds. The van der Waals surface area contributed by atoms with Crippen LogP contribution in [0.2, 0.25) is 18.1 Å². The molecule has 3 N–H and O–H groups in total. The molecule has 3 heterocycles. The lowest BCUT2D eigenvalue weighted by Crippen LogP contribution is -2.48. The van der Waals surface area contributed by atoms with Crippen LogP contribution in [-0.2, 0) is 19.5 Å². The normalized spacial score (nSPS) is 19.0. The van der Waals surface area contributed by atoms with Gasteiger partial charge in [-0.05, 0) is 64.7 Å². The second-order valence-corrected chi connectivity index (χ2v) is 20.4. The number of aromatic nitrogens is 4. The van der Waals surface area contributed by atoms with Crippen molar-refractivity contribution in [1.82, 2.24) is 19.5 Å². The third-order valence-corrected chi connectivity index (χ3v) is 15.6. The Bertz CT molecular complexity index is 2310. The van der Waals surface area contributed by atoms with E-state index in [1.54, 1.807) is 25.1 Å². The minimum Gasteiger partial charge on any atom is -0.497 e. The van der Waals surface area contributed by atoms with E-state index >= 15 is 0 Å². The summed E-state index contributed by atoms with van der Waals surface area (Å²) in [6.07, 6.45) is 1.34. The van der Waals surface area contributed by atoms with Crippen LogP contribution in [0.3, 0.4) is 0 Å². The Kier molecular flexibility index (Phi) is 11.2. The van der Waals surface area contributed by atoms with Gasteiger partial charge in [0.15, 0.2) is 25.7 Å². The van der Waals surface area contributed by atoms with E-state index in [0.717, 1.165) is 33.8 Å². The summed E-state index contributed by atoms with van der Waals surface area (Å²) in [5.41, 5.74) is 8.55. The smallest absolute Gasteiger partial charge is 0.280 e. The predicted octanol–water partition coefficient (Wildman–Crippen LogP) is 7.50. The van der Waals surface area contributed by atoms with Crippen LogP contribution in [-0.4, -0.2) is 73.1 Å². The average molecular weight is 787 g/mol. The summed E-state index contributed by atoms with van der Waals surface area (Å²) >= 11 is 0. The van der Waals surface area contributed by atoms with Gasteiger partial charge < -0.3 is 29.1 Å². The maximum Gasteiger partial charge on any atom is 0.280 e. The number of H-pyrrole nitrogens is 1. The van der Waals surface area contributed by atoms with Gasteiger partial charge in [-0.15, -0.1) is 0 Å². The Morgan fingerprint density at radius 2 is 1.42 bits per heavy atom. The molecule has 1 aliphatic rings. The summed E-state index contributed by atoms with van der Waals surface area (Å²) in [5, 5.41) is -0.151. The van der Waals surface area contributed by atoms with Crippen LogP contribution in [0.1, 0.15) is 49.3 Å². The Labute approximate surface area is 333 Å². The molecule has 4 atom stereocenters. The highest BCUT2D eigenvalue weighted by Gasteiger charge is 2.52. The molecule has 57 heavy (non-hydrogen) atoms. The number of methoxy groups -OCH3 is 2. The van der Waals surface area contributed by atoms with E-state index in [1.165, 1.54) is 0 Å². The van der Waals surface area contributed by atoms with E-state index in [9.17, 15) is 4.79 Å². The Balaban J connectivity index is 1.39. The molecular formula is C44H50N6O6Si. The lowest BCUT2D eigenvalue weighted by atomic mass is 9.80. The van der Waals surface area contributed by atoms with Gasteiger partial charge in [0.2, 0.25) is 5.95 Å². The van der Waals surface area contributed by atoms with E-state index in [0.29, 0.717) is 0 Å². The quantitative estimate of drug-likeness (QED) is 0.0690. The number of nitrogens with two attached hydrogens (primary N) is 1. The van der Waals surface area contributed by atoms with Gasteiger partial charge in [0.25, 0.3) is 5.56 Å². The predicted molar refractivity (Wildman–Crippen MR) is 225 cm³/mol. The third kappa shape index (κ3) is 7.88. The summed E-state index contributed by atoms with van der Waals surface area (Å²) in [6, 6.07) is 35.3. The van der Waals surface area contributed by atoms with Gasteiger partial charge in [0.1, 0.15) is 35.3 Å². The number of ether oxygens (including phenoxy) is 4. The van der Waals surface area contributed by atoms with E-state index in [4.69, 9.17) is 34.1 Å². The fourth-order valence-corrected chi connectivity index (χ4v) is 8.32. The van der Waals surface area contributed by atoms with Gasteiger partial charge in [0, 0.05) is 6.21 Å². The largest absolute Gasteiger partial charge is 0.497 e. The highest BCUT2D eigenvalue weighted by Crippen LogP contribution is 2.46. The molecule has 0 radical (unpaired) electrons. The van der Waals surface area contributed by atoms with E-state index in [1.807, 2.05) is 103 Å². The number of anilines is 1. The molecule has 1 fully saturated rings. The molecule has 296 valence electrons. The number of hydrogen-bond donors (Lipinski definition) is 2. The van der Waals surface area contributed by atoms with Crippen LogP contribution in [0.5, 0.6) is 11.5 Å². The van der Waals surface area contributed by atoms with Gasteiger partial charge in [0.05, 0.1) is 27.2 Å². The maximum absolute atomic E-state index is 13.0. The second kappa shape index (κ2) is 16.1. The zero-order valence-corrected chi connectivity index (χ0v) is 34.4. The van der Waals surface area contributed by atoms with Crippen molar-refractivity contribution in [1.29, 1.82) is 0 Å². The van der Waals surface area contributed by atoms with E-state index < -0.39 is 44.0 Å². The maximum atomic E-state index is 13.0. The Morgan fingerprint density at radius 3 is 1.98 bits per heavy atom. The first-order valence-electron chi connectivity index (χ1n) is 19.0. The standard InChI is InChI=1S/C44H50N6O6Si/c1-43(2,3)57(6,7)56-38-36(46-26-29-14-10-8-11-15-29)35(55-41(38)50-28-47-37-39(50)48-42(45)49-40(37)51)27-54-44(30-16-12-9-13-17-30,31-18-22-33(52-4)23-19-31)32-20-24-34(53-5)25-21-32/h8-26,28,35-36,38,41H,27H2,1-7H3,(H3,45,48,49,51)/t35-,36-,38-,41-/m1/s1.